The highest BCUT2D eigenvalue weighted by atomic mass is 16.5. The first-order valence-corrected chi connectivity index (χ1v) is 7.92. The minimum atomic E-state index is 0.444. The first-order chi connectivity index (χ1) is 9.58. The summed E-state index contributed by atoms with van der Waals surface area (Å²) in [6.45, 7) is 8.15. The molecular formula is C16H27N3O. The number of nitrogens with one attached hydrogen (secondary N) is 1. The molecule has 2 aliphatic carbocycles. The average Bonchev–Trinajstić information content (AvgIpc) is 2.56. The van der Waals surface area contributed by atoms with Crippen LogP contribution >= 0.6 is 0 Å². The Morgan fingerprint density at radius 3 is 2.65 bits per heavy atom. The molecule has 2 saturated carbocycles. The van der Waals surface area contributed by atoms with Gasteiger partial charge in [0.25, 0.3) is 0 Å². The molecule has 0 saturated heterocycles. The molecule has 1 spiro atoms. The highest BCUT2D eigenvalue weighted by Crippen LogP contribution is 2.57. The monoisotopic (exact) mass is 277 g/mol. The molecule has 1 aromatic rings. The second-order valence-corrected chi connectivity index (χ2v) is 6.47. The minimum absolute atomic E-state index is 0.444. The molecule has 1 heterocycles. The van der Waals surface area contributed by atoms with E-state index in [0.717, 1.165) is 18.8 Å². The van der Waals surface area contributed by atoms with Gasteiger partial charge in [-0.3, -0.25) is 4.68 Å². The molecular weight excluding hydrogens is 250 g/mol. The molecule has 0 amide bonds. The van der Waals surface area contributed by atoms with Crippen LogP contribution in [0.4, 0.5) is 0 Å². The van der Waals surface area contributed by atoms with Gasteiger partial charge in [0.2, 0.25) is 0 Å². The third kappa shape index (κ3) is 2.01. The van der Waals surface area contributed by atoms with Gasteiger partial charge in [-0.25, -0.2) is 0 Å². The predicted octanol–water partition coefficient (Wildman–Crippen LogP) is 2.47. The molecule has 0 bridgehead atoms. The van der Waals surface area contributed by atoms with Crippen molar-refractivity contribution in [1.82, 2.24) is 15.1 Å². The summed E-state index contributed by atoms with van der Waals surface area (Å²) in [4.78, 5) is 0. The topological polar surface area (TPSA) is 39.1 Å². The Balaban J connectivity index is 1.62. The highest BCUT2D eigenvalue weighted by Gasteiger charge is 2.58. The average molecular weight is 277 g/mol. The van der Waals surface area contributed by atoms with Gasteiger partial charge in [-0.05, 0) is 40.0 Å². The number of nitrogens with zero attached hydrogens (tertiary/aromatic N) is 2. The van der Waals surface area contributed by atoms with E-state index in [4.69, 9.17) is 4.74 Å². The third-order valence-corrected chi connectivity index (χ3v) is 5.62. The second kappa shape index (κ2) is 5.15. The molecule has 2 fully saturated rings. The lowest BCUT2D eigenvalue weighted by Gasteiger charge is -2.61. The summed E-state index contributed by atoms with van der Waals surface area (Å²) in [5.41, 5.74) is 4.24. The molecule has 1 N–H and O–H groups in total. The van der Waals surface area contributed by atoms with Crippen LogP contribution in [-0.2, 0) is 18.3 Å². The first-order valence-electron chi connectivity index (χ1n) is 7.92. The summed E-state index contributed by atoms with van der Waals surface area (Å²) in [7, 11) is 2.02. The fourth-order valence-electron chi connectivity index (χ4n) is 4.02. The van der Waals surface area contributed by atoms with E-state index in [1.54, 1.807) is 0 Å². The van der Waals surface area contributed by atoms with Gasteiger partial charge in [0.1, 0.15) is 0 Å². The summed E-state index contributed by atoms with van der Waals surface area (Å²) in [5, 5.41) is 8.28. The molecule has 0 aliphatic heterocycles. The second-order valence-electron chi connectivity index (χ2n) is 6.47. The molecule has 2 aliphatic rings. The smallest absolute Gasteiger partial charge is 0.0661 e. The molecule has 0 radical (unpaired) electrons. The van der Waals surface area contributed by atoms with E-state index in [1.165, 1.54) is 36.9 Å². The maximum Gasteiger partial charge on any atom is 0.0661 e. The lowest BCUT2D eigenvalue weighted by Crippen LogP contribution is -2.66. The molecule has 112 valence electrons. The van der Waals surface area contributed by atoms with E-state index in [9.17, 15) is 0 Å². The standard InChI is InChI=1S/C16H27N3O/c1-5-20-15-9-14(16(15)7-6-8-16)17-10-13-11(2)18-19(4)12(13)3/h14-15,17H,5-10H2,1-4H3. The lowest BCUT2D eigenvalue weighted by molar-refractivity contribution is -0.173. The summed E-state index contributed by atoms with van der Waals surface area (Å²) in [6, 6.07) is 0.631. The van der Waals surface area contributed by atoms with Crippen LogP contribution in [0.5, 0.6) is 0 Å². The van der Waals surface area contributed by atoms with Crippen LogP contribution < -0.4 is 5.32 Å². The van der Waals surface area contributed by atoms with Crippen molar-refractivity contribution in [2.45, 2.75) is 65.1 Å². The summed E-state index contributed by atoms with van der Waals surface area (Å²) >= 11 is 0. The SMILES string of the molecule is CCOC1CC(NCc2c(C)nn(C)c2C)C12CCC2. The Morgan fingerprint density at radius 1 is 1.40 bits per heavy atom. The number of aromatic nitrogens is 2. The number of ether oxygens (including phenoxy) is 1. The fourth-order valence-corrected chi connectivity index (χ4v) is 4.02. The van der Waals surface area contributed by atoms with Gasteiger partial charge in [-0.2, -0.15) is 5.10 Å². The Bertz CT molecular complexity index is 490. The Kier molecular flexibility index (Phi) is 3.63. The van der Waals surface area contributed by atoms with Crippen molar-refractivity contribution in [2.75, 3.05) is 6.61 Å². The molecule has 2 unspecified atom stereocenters. The van der Waals surface area contributed by atoms with Crippen molar-refractivity contribution in [3.05, 3.63) is 17.0 Å². The first kappa shape index (κ1) is 14.1. The minimum Gasteiger partial charge on any atom is -0.378 e. The zero-order chi connectivity index (χ0) is 14.3. The van der Waals surface area contributed by atoms with E-state index in [-0.39, 0.29) is 0 Å². The van der Waals surface area contributed by atoms with Gasteiger partial charge in [-0.1, -0.05) is 6.42 Å². The van der Waals surface area contributed by atoms with Gasteiger partial charge >= 0.3 is 0 Å². The van der Waals surface area contributed by atoms with E-state index in [0.29, 0.717) is 17.6 Å². The quantitative estimate of drug-likeness (QED) is 0.898. The van der Waals surface area contributed by atoms with Gasteiger partial charge in [0.15, 0.2) is 0 Å². The van der Waals surface area contributed by atoms with Crippen molar-refractivity contribution in [3.8, 4) is 0 Å². The predicted molar refractivity (Wildman–Crippen MR) is 79.6 cm³/mol. The molecule has 4 nitrogen and oxygen atoms in total. The van der Waals surface area contributed by atoms with Crippen LogP contribution in [0.15, 0.2) is 0 Å². The molecule has 1 aromatic heterocycles. The zero-order valence-corrected chi connectivity index (χ0v) is 13.2. The maximum absolute atomic E-state index is 5.91. The van der Waals surface area contributed by atoms with Gasteiger partial charge < -0.3 is 10.1 Å². The Morgan fingerprint density at radius 2 is 2.15 bits per heavy atom. The van der Waals surface area contributed by atoms with E-state index in [2.05, 4.69) is 31.2 Å². The van der Waals surface area contributed by atoms with Gasteiger partial charge in [-0.15, -0.1) is 0 Å². The molecule has 20 heavy (non-hydrogen) atoms. The lowest BCUT2D eigenvalue weighted by atomic mass is 9.51. The van der Waals surface area contributed by atoms with Gasteiger partial charge in [0.05, 0.1) is 11.8 Å². The maximum atomic E-state index is 5.91. The van der Waals surface area contributed by atoms with Crippen molar-refractivity contribution in [3.63, 3.8) is 0 Å². The number of hydrogen-bond acceptors (Lipinski definition) is 3. The largest absolute Gasteiger partial charge is 0.378 e. The van der Waals surface area contributed by atoms with Crippen LogP contribution in [0.2, 0.25) is 0 Å². The van der Waals surface area contributed by atoms with E-state index >= 15 is 0 Å². The zero-order valence-electron chi connectivity index (χ0n) is 13.2. The summed E-state index contributed by atoms with van der Waals surface area (Å²) in [5.74, 6) is 0. The van der Waals surface area contributed by atoms with E-state index in [1.807, 2.05) is 11.7 Å². The van der Waals surface area contributed by atoms with Gasteiger partial charge in [0, 0.05) is 42.9 Å². The molecule has 3 rings (SSSR count). The van der Waals surface area contributed by atoms with Crippen LogP contribution in [0, 0.1) is 19.3 Å². The van der Waals surface area contributed by atoms with Crippen molar-refractivity contribution >= 4 is 0 Å². The van der Waals surface area contributed by atoms with E-state index < -0.39 is 0 Å². The fraction of sp³-hybridized carbons (Fsp3) is 0.812. The van der Waals surface area contributed by atoms with Crippen molar-refractivity contribution in [1.29, 1.82) is 0 Å². The molecule has 2 atom stereocenters. The molecule has 0 aromatic carbocycles. The summed E-state index contributed by atoms with van der Waals surface area (Å²) in [6.07, 6.45) is 5.70. The van der Waals surface area contributed by atoms with Crippen molar-refractivity contribution in [2.24, 2.45) is 12.5 Å². The Hall–Kier alpha value is -0.870. The normalized spacial score (nSPS) is 27.4. The van der Waals surface area contributed by atoms with Crippen LogP contribution in [0.25, 0.3) is 0 Å². The van der Waals surface area contributed by atoms with Crippen LogP contribution in [0.3, 0.4) is 0 Å². The molecule has 4 heteroatoms. The summed E-state index contributed by atoms with van der Waals surface area (Å²) < 4.78 is 7.89. The van der Waals surface area contributed by atoms with Crippen LogP contribution in [0.1, 0.15) is 49.6 Å². The van der Waals surface area contributed by atoms with Crippen LogP contribution in [-0.4, -0.2) is 28.5 Å². The van der Waals surface area contributed by atoms with Crippen molar-refractivity contribution < 1.29 is 4.74 Å². The number of rotatable bonds is 5. The highest BCUT2D eigenvalue weighted by molar-refractivity contribution is 5.24. The third-order valence-electron chi connectivity index (χ3n) is 5.62. The number of aryl methyl sites for hydroxylation is 2. The Labute approximate surface area is 121 Å². The number of hydrogen-bond donors (Lipinski definition) is 1.